The van der Waals surface area contributed by atoms with Gasteiger partial charge in [0, 0.05) is 12.6 Å². The van der Waals surface area contributed by atoms with Gasteiger partial charge in [0.1, 0.15) is 17.0 Å². The van der Waals surface area contributed by atoms with E-state index in [2.05, 4.69) is 24.9 Å². The molecule has 2 aromatic heterocycles. The van der Waals surface area contributed by atoms with Crippen LogP contribution in [-0.2, 0) is 7.05 Å². The fraction of sp³-hybridized carbons (Fsp3) is 0.143. The first-order valence-corrected chi connectivity index (χ1v) is 11.9. The van der Waals surface area contributed by atoms with E-state index in [1.807, 2.05) is 91.4 Å². The Morgan fingerprint density at radius 3 is 2.03 bits per heavy atom. The summed E-state index contributed by atoms with van der Waals surface area (Å²) < 4.78 is 48.9. The van der Waals surface area contributed by atoms with E-state index in [9.17, 15) is 22.1 Å². The molecule has 0 saturated heterocycles. The van der Waals surface area contributed by atoms with Gasteiger partial charge < -0.3 is 21.7 Å². The van der Waals surface area contributed by atoms with E-state index in [0.29, 0.717) is 5.69 Å². The maximum Gasteiger partial charge on any atom is 0.673 e. The molecule has 5 nitrogen and oxygen atoms in total. The molecule has 5 rings (SSSR count). The molecule has 0 atom stereocenters. The van der Waals surface area contributed by atoms with Crippen LogP contribution < -0.4 is 15.9 Å². The van der Waals surface area contributed by atoms with Crippen LogP contribution in [0.1, 0.15) is 16.8 Å². The highest BCUT2D eigenvalue weighted by Gasteiger charge is 2.22. The third kappa shape index (κ3) is 5.80. The first-order chi connectivity index (χ1) is 17.9. The van der Waals surface area contributed by atoms with Crippen LogP contribution in [0.15, 0.2) is 88.1 Å². The zero-order valence-electron chi connectivity index (χ0n) is 21.3. The maximum absolute atomic E-state index is 13.5. The second-order valence-electron chi connectivity index (χ2n) is 8.90. The molecule has 10 heteroatoms. The molecule has 5 aromatic rings. The Labute approximate surface area is 216 Å². The van der Waals surface area contributed by atoms with Crippen LogP contribution in [0.3, 0.4) is 0 Å². The molecule has 0 spiro atoms. The van der Waals surface area contributed by atoms with Gasteiger partial charge in [0.25, 0.3) is 5.69 Å². The lowest BCUT2D eigenvalue weighted by Gasteiger charge is -2.06. The molecule has 0 fully saturated rings. The first-order valence-electron chi connectivity index (χ1n) is 11.9. The van der Waals surface area contributed by atoms with E-state index in [0.717, 1.165) is 50.2 Å². The van der Waals surface area contributed by atoms with E-state index in [-0.39, 0.29) is 5.56 Å². The maximum atomic E-state index is 13.5. The van der Waals surface area contributed by atoms with Crippen molar-refractivity contribution in [3.8, 4) is 17.0 Å². The van der Waals surface area contributed by atoms with Gasteiger partial charge in [-0.3, -0.25) is 9.48 Å². The molecule has 0 saturated carbocycles. The van der Waals surface area contributed by atoms with Gasteiger partial charge in [0.15, 0.2) is 0 Å². The van der Waals surface area contributed by atoms with Crippen molar-refractivity contribution >= 4 is 23.9 Å². The largest absolute Gasteiger partial charge is 0.673 e. The van der Waals surface area contributed by atoms with Crippen LogP contribution in [0.5, 0.6) is 0 Å². The van der Waals surface area contributed by atoms with Gasteiger partial charge >= 0.3 is 12.8 Å². The van der Waals surface area contributed by atoms with Gasteiger partial charge in [-0.1, -0.05) is 54.6 Å². The summed E-state index contributed by atoms with van der Waals surface area (Å²) in [6, 6.07) is 25.8. The second-order valence-corrected chi connectivity index (χ2v) is 8.90. The van der Waals surface area contributed by atoms with Crippen molar-refractivity contribution < 1.29 is 26.7 Å². The van der Waals surface area contributed by atoms with Crippen molar-refractivity contribution in [1.82, 2.24) is 9.36 Å². The minimum absolute atomic E-state index is 0.0961. The Morgan fingerprint density at radius 1 is 0.842 bits per heavy atom. The lowest BCUT2D eigenvalue weighted by Crippen LogP contribution is -2.72. The normalized spacial score (nSPS) is 11.9. The third-order valence-corrected chi connectivity index (χ3v) is 6.08. The number of rotatable bonds is 3. The summed E-state index contributed by atoms with van der Waals surface area (Å²) in [5.74, 6) is 0.743. The van der Waals surface area contributed by atoms with Crippen LogP contribution in [0.2, 0.25) is 0 Å². The topological polar surface area (TPSA) is 54.0 Å². The molecule has 1 N–H and O–H groups in total. The highest BCUT2D eigenvalue weighted by molar-refractivity contribution is 6.50. The number of para-hydroxylation sites is 1. The Bertz CT molecular complexity index is 1720. The van der Waals surface area contributed by atoms with E-state index >= 15 is 0 Å². The van der Waals surface area contributed by atoms with Gasteiger partial charge in [0.05, 0.1) is 17.1 Å². The molecule has 0 bridgehead atoms. The van der Waals surface area contributed by atoms with Crippen LogP contribution in [0.4, 0.5) is 23.0 Å². The van der Waals surface area contributed by atoms with E-state index in [4.69, 9.17) is 4.42 Å². The van der Waals surface area contributed by atoms with Crippen molar-refractivity contribution in [3.05, 3.63) is 111 Å². The van der Waals surface area contributed by atoms with Gasteiger partial charge in [0.2, 0.25) is 5.36 Å². The molecule has 0 amide bonds. The second kappa shape index (κ2) is 10.6. The molecule has 0 aliphatic rings. The molecular formula is C28H26BF4N3O2. The summed E-state index contributed by atoms with van der Waals surface area (Å²) in [4.78, 5) is 17.0. The smallest absolute Gasteiger partial charge is 0.456 e. The van der Waals surface area contributed by atoms with Crippen molar-refractivity contribution in [2.24, 2.45) is 7.05 Å². The zero-order valence-corrected chi connectivity index (χ0v) is 21.3. The number of nitrogens with one attached hydrogen (secondary N) is 1. The number of aromatic nitrogens is 2. The molecule has 3 aromatic carbocycles. The average Bonchev–Trinajstić information content (AvgIpc) is 3.06. The average molecular weight is 523 g/mol. The van der Waals surface area contributed by atoms with Crippen molar-refractivity contribution in [1.29, 1.82) is 0 Å². The Morgan fingerprint density at radius 2 is 1.42 bits per heavy atom. The summed E-state index contributed by atoms with van der Waals surface area (Å²) in [5.41, 5.74) is 6.11. The summed E-state index contributed by atoms with van der Waals surface area (Å²) in [6.45, 7) is 6.08. The Kier molecular flexibility index (Phi) is 7.43. The number of nitrogens with zero attached hydrogens (tertiary/aromatic N) is 2. The SMILES string of the molecule is Cc1cc(C)c2c(=[NH+]c3c(C)n(C)n(-c4ccccc4)c3=O)cc(-c3ccccc3)oc2c1.F[B-](F)(F)F. The lowest BCUT2D eigenvalue weighted by molar-refractivity contribution is -0.402. The minimum Gasteiger partial charge on any atom is -0.456 e. The molecule has 0 unspecified atom stereocenters. The van der Waals surface area contributed by atoms with Crippen molar-refractivity contribution in [2.75, 3.05) is 0 Å². The zero-order chi connectivity index (χ0) is 27.6. The van der Waals surface area contributed by atoms with Gasteiger partial charge in [-0.15, -0.1) is 0 Å². The van der Waals surface area contributed by atoms with Gasteiger partial charge in [-0.05, 0) is 50.1 Å². The summed E-state index contributed by atoms with van der Waals surface area (Å²) in [7, 11) is -4.10. The van der Waals surface area contributed by atoms with E-state index < -0.39 is 7.25 Å². The molecule has 0 aliphatic carbocycles. The van der Waals surface area contributed by atoms with Gasteiger partial charge in [-0.2, -0.15) is 4.99 Å². The predicted octanol–water partition coefficient (Wildman–Crippen LogP) is 5.13. The Balaban J connectivity index is 0.000000617. The monoisotopic (exact) mass is 523 g/mol. The Hall–Kier alpha value is -4.34. The number of fused-ring (bicyclic) bond motifs is 1. The molecular weight excluding hydrogens is 497 g/mol. The molecule has 0 radical (unpaired) electrons. The predicted molar refractivity (Wildman–Crippen MR) is 141 cm³/mol. The van der Waals surface area contributed by atoms with Crippen LogP contribution in [-0.4, -0.2) is 16.6 Å². The number of hydrogen-bond acceptors (Lipinski definition) is 2. The first kappa shape index (κ1) is 26.7. The summed E-state index contributed by atoms with van der Waals surface area (Å²) in [6.07, 6.45) is 0. The highest BCUT2D eigenvalue weighted by atomic mass is 19.5. The van der Waals surface area contributed by atoms with E-state index in [1.54, 1.807) is 4.68 Å². The number of benzene rings is 3. The van der Waals surface area contributed by atoms with Crippen LogP contribution in [0.25, 0.3) is 28.0 Å². The summed E-state index contributed by atoms with van der Waals surface area (Å²) >= 11 is 0. The quantitative estimate of drug-likeness (QED) is 0.264. The molecule has 196 valence electrons. The molecule has 2 heterocycles. The van der Waals surface area contributed by atoms with Crippen LogP contribution >= 0.6 is 0 Å². The molecule has 0 aliphatic heterocycles. The van der Waals surface area contributed by atoms with Crippen molar-refractivity contribution in [2.45, 2.75) is 20.8 Å². The van der Waals surface area contributed by atoms with E-state index in [1.165, 1.54) is 0 Å². The fourth-order valence-electron chi connectivity index (χ4n) is 4.40. The number of hydrogen-bond donors (Lipinski definition) is 1. The van der Waals surface area contributed by atoms with Crippen molar-refractivity contribution in [3.63, 3.8) is 0 Å². The number of halogens is 4. The van der Waals surface area contributed by atoms with Gasteiger partial charge in [-0.25, -0.2) is 4.68 Å². The highest BCUT2D eigenvalue weighted by Crippen LogP contribution is 2.24. The molecule has 38 heavy (non-hydrogen) atoms. The third-order valence-electron chi connectivity index (χ3n) is 6.08. The standard InChI is InChI=1S/C28H25N3O2.BF4/c1-18-15-19(2)26-23(17-24(33-25(26)16-18)21-11-7-5-8-12-21)29-27-20(3)30(4)31(28(27)32)22-13-9-6-10-14-22;2-1(3,4)5/h5-17H,1-4H3;/q;-1/p+1. The number of aryl methyl sites for hydroxylation is 2. The minimum atomic E-state index is -6.00. The lowest BCUT2D eigenvalue weighted by atomic mass is 10.0. The fourth-order valence-corrected chi connectivity index (χ4v) is 4.40. The van der Waals surface area contributed by atoms with Crippen LogP contribution in [0, 0.1) is 20.8 Å². The summed E-state index contributed by atoms with van der Waals surface area (Å²) in [5, 5.41) is 1.81.